The maximum absolute atomic E-state index is 5.85. The van der Waals surface area contributed by atoms with Gasteiger partial charge in [0.1, 0.15) is 0 Å². The number of hydrogen-bond acceptors (Lipinski definition) is 3. The lowest BCUT2D eigenvalue weighted by molar-refractivity contribution is 0.275. The quantitative estimate of drug-likeness (QED) is 0.263. The van der Waals surface area contributed by atoms with Crippen LogP contribution in [-0.4, -0.2) is 16.6 Å². The van der Waals surface area contributed by atoms with Crippen molar-refractivity contribution in [2.24, 2.45) is 5.92 Å². The zero-order valence-corrected chi connectivity index (χ0v) is 19.5. The summed E-state index contributed by atoms with van der Waals surface area (Å²) in [5, 5.41) is 0. The molecule has 166 valence electrons. The minimum atomic E-state index is 0.714. The molecule has 0 N–H and O–H groups in total. The Morgan fingerprint density at radius 3 is 2.10 bits per heavy atom. The van der Waals surface area contributed by atoms with Gasteiger partial charge >= 0.3 is 0 Å². The molecule has 0 fully saturated rings. The normalized spacial score (nSPS) is 12.1. The first kappa shape index (κ1) is 24.4. The molecule has 0 saturated heterocycles. The summed E-state index contributed by atoms with van der Waals surface area (Å²) in [5.74, 6) is 2.24. The van der Waals surface area contributed by atoms with Gasteiger partial charge in [0, 0.05) is 5.56 Å². The number of unbranched alkanes of at least 4 members (excludes halogenated alkanes) is 7. The van der Waals surface area contributed by atoms with E-state index in [1.54, 1.807) is 12.4 Å². The van der Waals surface area contributed by atoms with Gasteiger partial charge in [-0.05, 0) is 30.7 Å². The van der Waals surface area contributed by atoms with Crippen molar-refractivity contribution in [1.29, 1.82) is 0 Å². The highest BCUT2D eigenvalue weighted by atomic mass is 16.5. The molecule has 3 heteroatoms. The van der Waals surface area contributed by atoms with Gasteiger partial charge in [-0.15, -0.1) is 0 Å². The van der Waals surface area contributed by atoms with Crippen molar-refractivity contribution in [2.45, 2.75) is 97.8 Å². The van der Waals surface area contributed by atoms with Gasteiger partial charge in [0.05, 0.1) is 19.0 Å². The molecule has 30 heavy (non-hydrogen) atoms. The number of aryl methyl sites for hydroxylation is 1. The third-order valence-corrected chi connectivity index (χ3v) is 5.84. The Labute approximate surface area is 184 Å². The van der Waals surface area contributed by atoms with E-state index in [1.807, 2.05) is 0 Å². The largest absolute Gasteiger partial charge is 0.490 e. The number of nitrogens with zero attached hydrogens (tertiary/aromatic N) is 2. The molecular formula is C27H42N2O. The van der Waals surface area contributed by atoms with Crippen molar-refractivity contribution >= 4 is 0 Å². The average Bonchev–Trinajstić information content (AvgIpc) is 2.77. The Balaban J connectivity index is 1.71. The van der Waals surface area contributed by atoms with Gasteiger partial charge in [-0.25, -0.2) is 9.97 Å². The lowest BCUT2D eigenvalue weighted by atomic mass is 10.0. The second-order valence-corrected chi connectivity index (χ2v) is 8.70. The van der Waals surface area contributed by atoms with Gasteiger partial charge < -0.3 is 4.74 Å². The highest BCUT2D eigenvalue weighted by Gasteiger charge is 2.05. The molecule has 2 aromatic rings. The molecule has 0 aliphatic carbocycles. The maximum atomic E-state index is 5.85. The third-order valence-electron chi connectivity index (χ3n) is 5.84. The summed E-state index contributed by atoms with van der Waals surface area (Å²) in [7, 11) is 0. The molecule has 0 aliphatic heterocycles. The van der Waals surface area contributed by atoms with Gasteiger partial charge in [0.15, 0.2) is 11.6 Å². The van der Waals surface area contributed by atoms with Crippen molar-refractivity contribution < 1.29 is 4.74 Å². The molecule has 3 nitrogen and oxygen atoms in total. The zero-order valence-electron chi connectivity index (χ0n) is 19.5. The molecule has 0 spiro atoms. The Morgan fingerprint density at radius 2 is 1.40 bits per heavy atom. The summed E-state index contributed by atoms with van der Waals surface area (Å²) in [4.78, 5) is 9.01. The van der Waals surface area contributed by atoms with Crippen LogP contribution in [0.25, 0.3) is 11.4 Å². The van der Waals surface area contributed by atoms with Crippen molar-refractivity contribution in [3.05, 3.63) is 42.2 Å². The van der Waals surface area contributed by atoms with E-state index in [2.05, 4.69) is 55.0 Å². The van der Waals surface area contributed by atoms with Gasteiger partial charge in [-0.3, -0.25) is 0 Å². The maximum Gasteiger partial charge on any atom is 0.159 e. The molecule has 0 radical (unpaired) electrons. The number of benzene rings is 1. The first-order valence-electron chi connectivity index (χ1n) is 12.3. The predicted octanol–water partition coefficient (Wildman–Crippen LogP) is 8.03. The second kappa shape index (κ2) is 15.0. The molecule has 1 aromatic carbocycles. The Hall–Kier alpha value is -1.90. The first-order chi connectivity index (χ1) is 14.7. The summed E-state index contributed by atoms with van der Waals surface area (Å²) in [6.45, 7) is 7.57. The molecule has 0 saturated carbocycles. The summed E-state index contributed by atoms with van der Waals surface area (Å²) in [6, 6.07) is 8.71. The van der Waals surface area contributed by atoms with Crippen molar-refractivity contribution in [2.75, 3.05) is 6.61 Å². The van der Waals surface area contributed by atoms with E-state index >= 15 is 0 Å². The fourth-order valence-electron chi connectivity index (χ4n) is 3.73. The lowest BCUT2D eigenvalue weighted by Gasteiger charge is -2.12. The SMILES string of the molecule is CCCCCCCCc1ccc(-c2ncc(OCCC(C)CCCCC)cn2)cc1. The molecule has 2 rings (SSSR count). The van der Waals surface area contributed by atoms with Crippen LogP contribution in [0.1, 0.15) is 97.0 Å². The van der Waals surface area contributed by atoms with Crippen LogP contribution in [0.15, 0.2) is 36.7 Å². The first-order valence-corrected chi connectivity index (χ1v) is 12.3. The summed E-state index contributed by atoms with van der Waals surface area (Å²) >= 11 is 0. The monoisotopic (exact) mass is 410 g/mol. The smallest absolute Gasteiger partial charge is 0.159 e. The molecule has 1 atom stereocenters. The predicted molar refractivity (Wildman–Crippen MR) is 128 cm³/mol. The van der Waals surface area contributed by atoms with E-state index in [4.69, 9.17) is 4.74 Å². The van der Waals surface area contributed by atoms with Crippen LogP contribution < -0.4 is 4.74 Å². The third kappa shape index (κ3) is 9.73. The number of hydrogen-bond donors (Lipinski definition) is 0. The lowest BCUT2D eigenvalue weighted by Crippen LogP contribution is -2.05. The van der Waals surface area contributed by atoms with E-state index in [-0.39, 0.29) is 0 Å². The number of aromatic nitrogens is 2. The average molecular weight is 411 g/mol. The van der Waals surface area contributed by atoms with Crippen molar-refractivity contribution in [1.82, 2.24) is 9.97 Å². The topological polar surface area (TPSA) is 35.0 Å². The standard InChI is InChI=1S/C27H42N2O/c1-4-6-8-9-10-12-14-24-15-17-25(18-16-24)27-28-21-26(22-29-27)30-20-19-23(3)13-11-7-5-2/h15-18,21-23H,4-14,19-20H2,1-3H3. The van der Waals surface area contributed by atoms with Crippen molar-refractivity contribution in [3.63, 3.8) is 0 Å². The van der Waals surface area contributed by atoms with Crippen LogP contribution in [-0.2, 0) is 6.42 Å². The highest BCUT2D eigenvalue weighted by molar-refractivity contribution is 5.55. The zero-order chi connectivity index (χ0) is 21.4. The summed E-state index contributed by atoms with van der Waals surface area (Å²) in [5.41, 5.74) is 2.47. The van der Waals surface area contributed by atoms with Gasteiger partial charge in [0.2, 0.25) is 0 Å². The van der Waals surface area contributed by atoms with Crippen LogP contribution in [0.4, 0.5) is 0 Å². The summed E-state index contributed by atoms with van der Waals surface area (Å²) < 4.78 is 5.85. The van der Waals surface area contributed by atoms with E-state index in [0.29, 0.717) is 5.92 Å². The fraction of sp³-hybridized carbons (Fsp3) is 0.630. The Kier molecular flexibility index (Phi) is 12.2. The molecule has 0 amide bonds. The summed E-state index contributed by atoms with van der Waals surface area (Å²) in [6.07, 6.45) is 19.1. The second-order valence-electron chi connectivity index (χ2n) is 8.70. The van der Waals surface area contributed by atoms with E-state index in [1.165, 1.54) is 69.8 Å². The minimum absolute atomic E-state index is 0.714. The molecule has 0 bridgehead atoms. The Bertz CT molecular complexity index is 666. The number of rotatable bonds is 16. The van der Waals surface area contributed by atoms with Crippen LogP contribution in [0.3, 0.4) is 0 Å². The van der Waals surface area contributed by atoms with E-state index in [9.17, 15) is 0 Å². The fourth-order valence-corrected chi connectivity index (χ4v) is 3.73. The van der Waals surface area contributed by atoms with Gasteiger partial charge in [0.25, 0.3) is 0 Å². The van der Waals surface area contributed by atoms with Crippen LogP contribution in [0, 0.1) is 5.92 Å². The molecular weight excluding hydrogens is 368 g/mol. The van der Waals surface area contributed by atoms with Crippen LogP contribution in [0.2, 0.25) is 0 Å². The molecule has 1 heterocycles. The number of ether oxygens (including phenoxy) is 1. The molecule has 0 aliphatic rings. The van der Waals surface area contributed by atoms with Crippen molar-refractivity contribution in [3.8, 4) is 17.1 Å². The van der Waals surface area contributed by atoms with Gasteiger partial charge in [-0.1, -0.05) is 103 Å². The molecule has 1 unspecified atom stereocenters. The Morgan fingerprint density at radius 1 is 0.767 bits per heavy atom. The molecule has 1 aromatic heterocycles. The van der Waals surface area contributed by atoms with E-state index < -0.39 is 0 Å². The minimum Gasteiger partial charge on any atom is -0.490 e. The van der Waals surface area contributed by atoms with E-state index in [0.717, 1.165) is 36.6 Å². The van der Waals surface area contributed by atoms with Crippen LogP contribution >= 0.6 is 0 Å². The highest BCUT2D eigenvalue weighted by Crippen LogP contribution is 2.19. The van der Waals surface area contributed by atoms with Gasteiger partial charge in [-0.2, -0.15) is 0 Å². The van der Waals surface area contributed by atoms with Crippen LogP contribution in [0.5, 0.6) is 5.75 Å².